The molecule has 0 aliphatic rings. The molecule has 4 nitrogen and oxygen atoms in total. The van der Waals surface area contributed by atoms with E-state index < -0.39 is 30.2 Å². The van der Waals surface area contributed by atoms with E-state index in [-0.39, 0.29) is 58.3 Å². The van der Waals surface area contributed by atoms with E-state index in [4.69, 9.17) is 25.9 Å². The molecule has 0 N–H and O–H groups in total. The number of para-hydroxylation sites is 2. The first kappa shape index (κ1) is 27.7. The summed E-state index contributed by atoms with van der Waals surface area (Å²) in [5.74, 6) is 0.360. The van der Waals surface area contributed by atoms with Crippen LogP contribution in [0.25, 0.3) is 115 Å². The minimum atomic E-state index is -0.527. The number of nitrogens with zero attached hydrogens (tertiary/aromatic N) is 4. The van der Waals surface area contributed by atoms with E-state index >= 15 is 0 Å². The highest BCUT2D eigenvalue weighted by Gasteiger charge is 2.21. The van der Waals surface area contributed by atoms with Crippen LogP contribution >= 0.6 is 11.3 Å². The average molecular weight is 818 g/mol. The van der Waals surface area contributed by atoms with Crippen molar-refractivity contribution in [1.29, 1.82) is 0 Å². The molecule has 0 spiro atoms. The largest absolute Gasteiger partial charge is 0.309 e. The monoisotopic (exact) mass is 817 g/mol. The fourth-order valence-electron chi connectivity index (χ4n) is 8.29. The maximum atomic E-state index is 9.46. The van der Waals surface area contributed by atoms with Crippen molar-refractivity contribution in [2.45, 2.75) is 0 Å². The molecule has 12 rings (SSSR count). The Hall–Kier alpha value is -7.99. The number of fused-ring (bicyclic) bond motifs is 6. The summed E-state index contributed by atoms with van der Waals surface area (Å²) in [6.45, 7) is 0. The minimum absolute atomic E-state index is 0.0116. The predicted octanol–water partition coefficient (Wildman–Crippen LogP) is 15.3. The van der Waals surface area contributed by atoms with E-state index in [0.29, 0.717) is 22.3 Å². The van der Waals surface area contributed by atoms with Gasteiger partial charge < -0.3 is 4.57 Å². The van der Waals surface area contributed by atoms with Crippen molar-refractivity contribution in [2.75, 3.05) is 0 Å². The molecular weight excluding hydrogens is 773 g/mol. The third-order valence-corrected chi connectivity index (χ3v) is 12.4. The zero-order valence-corrected chi connectivity index (χ0v) is 33.6. The Kier molecular flexibility index (Phi) is 6.67. The van der Waals surface area contributed by atoms with Gasteiger partial charge in [-0.25, -0.2) is 15.0 Å². The summed E-state index contributed by atoms with van der Waals surface area (Å²) in [7, 11) is 0. The van der Waals surface area contributed by atoms with Crippen LogP contribution in [0, 0.1) is 0 Å². The van der Waals surface area contributed by atoms with Crippen molar-refractivity contribution in [1.82, 2.24) is 19.5 Å². The van der Waals surface area contributed by atoms with Crippen LogP contribution in [0.4, 0.5) is 0 Å². The van der Waals surface area contributed by atoms with E-state index in [2.05, 4.69) is 34.9 Å². The summed E-state index contributed by atoms with van der Waals surface area (Å²) < 4.78 is 83.8. The van der Waals surface area contributed by atoms with Gasteiger partial charge in [0.05, 0.1) is 23.4 Å². The number of rotatable bonds is 7. The smallest absolute Gasteiger partial charge is 0.165 e. The highest BCUT2D eigenvalue weighted by molar-refractivity contribution is 7.26. The molecule has 0 bridgehead atoms. The molecule has 0 radical (unpaired) electrons. The van der Waals surface area contributed by atoms with Crippen molar-refractivity contribution < 1.29 is 12.3 Å². The third-order valence-electron chi connectivity index (χ3n) is 11.2. The Morgan fingerprint density at radius 3 is 1.61 bits per heavy atom. The minimum Gasteiger partial charge on any atom is -0.309 e. The van der Waals surface area contributed by atoms with Gasteiger partial charge in [0.1, 0.15) is 0 Å². The van der Waals surface area contributed by atoms with Gasteiger partial charge in [-0.05, 0) is 75.8 Å². The van der Waals surface area contributed by atoms with Crippen molar-refractivity contribution in [3.05, 3.63) is 218 Å². The van der Waals surface area contributed by atoms with E-state index in [9.17, 15) is 1.37 Å². The molecule has 5 heteroatoms. The lowest BCUT2D eigenvalue weighted by atomic mass is 9.97. The van der Waals surface area contributed by atoms with E-state index in [1.807, 2.05) is 121 Å². The lowest BCUT2D eigenvalue weighted by molar-refractivity contribution is 1.07. The lowest BCUT2D eigenvalue weighted by Crippen LogP contribution is -2.01. The summed E-state index contributed by atoms with van der Waals surface area (Å²) >= 11 is 1.50. The second-order valence-corrected chi connectivity index (χ2v) is 16.0. The van der Waals surface area contributed by atoms with Gasteiger partial charge in [0, 0.05) is 53.3 Å². The summed E-state index contributed by atoms with van der Waals surface area (Å²) in [6.07, 6.45) is 0. The topological polar surface area (TPSA) is 43.6 Å². The number of aromatic nitrogens is 4. The number of hydrogen-bond donors (Lipinski definition) is 0. The van der Waals surface area contributed by atoms with Gasteiger partial charge in [-0.15, -0.1) is 11.3 Å². The Morgan fingerprint density at radius 1 is 0.387 bits per heavy atom. The van der Waals surface area contributed by atoms with Crippen molar-refractivity contribution >= 4 is 53.3 Å². The first-order valence-corrected chi connectivity index (χ1v) is 20.9. The molecule has 0 saturated carbocycles. The summed E-state index contributed by atoms with van der Waals surface area (Å²) in [6, 6.07) is 50.0. The lowest BCUT2D eigenvalue weighted by Gasteiger charge is -2.13. The maximum Gasteiger partial charge on any atom is 0.165 e. The first-order chi connectivity index (χ1) is 34.5. The van der Waals surface area contributed by atoms with E-state index in [1.54, 1.807) is 12.1 Å². The summed E-state index contributed by atoms with van der Waals surface area (Å²) in [5, 5.41) is 3.72. The van der Waals surface area contributed by atoms with Crippen LogP contribution in [0.2, 0.25) is 0 Å². The zero-order valence-electron chi connectivity index (χ0n) is 41.8. The molecule has 0 saturated heterocycles. The quantitative estimate of drug-likeness (QED) is 0.161. The van der Waals surface area contributed by atoms with Gasteiger partial charge in [0.15, 0.2) is 17.5 Å². The average Bonchev–Trinajstić information content (AvgIpc) is 3.95. The molecule has 3 aromatic heterocycles. The Balaban J connectivity index is 1.16. The zero-order chi connectivity index (χ0) is 48.8. The second-order valence-electron chi connectivity index (χ2n) is 14.9. The molecular formula is C57H36N4S. The number of benzene rings is 9. The van der Waals surface area contributed by atoms with Crippen LogP contribution in [0.5, 0.6) is 0 Å². The van der Waals surface area contributed by atoms with Crippen LogP contribution < -0.4 is 0 Å². The Labute approximate surface area is 375 Å². The van der Waals surface area contributed by atoms with Crippen LogP contribution in [0.1, 0.15) is 12.3 Å². The molecule has 0 atom stereocenters. The molecule has 3 heterocycles. The van der Waals surface area contributed by atoms with Crippen LogP contribution in [0.15, 0.2) is 218 Å². The van der Waals surface area contributed by atoms with Gasteiger partial charge in [-0.3, -0.25) is 0 Å². The summed E-state index contributed by atoms with van der Waals surface area (Å²) in [5.41, 5.74) is 7.44. The van der Waals surface area contributed by atoms with Gasteiger partial charge in [0.2, 0.25) is 0 Å². The van der Waals surface area contributed by atoms with Gasteiger partial charge in [-0.2, -0.15) is 0 Å². The molecule has 290 valence electrons. The Bertz CT molecular complexity index is 4080. The molecule has 0 unspecified atom stereocenters. The molecule has 0 amide bonds. The second kappa shape index (κ2) is 14.9. The standard InChI is InChI=1S/C57H36N4S/c1-4-15-37(16-5-1)39-27-29-41(30-28-39)56-58-55(40-19-8-3-9-20-40)59-57(60-56)50-36-45(61-51-25-12-10-23-46(51)47-24-11-13-26-52(47)61)35-49-48-34-44(31-32-53(48)62-54(49)50)43-22-14-21-42(33-43)38-17-6-2-7-18-38/h1-36H/i3D,8D,9D,14D,19D,20D,21D,22D,33D. The van der Waals surface area contributed by atoms with Crippen LogP contribution in [0.3, 0.4) is 0 Å². The van der Waals surface area contributed by atoms with Crippen molar-refractivity contribution in [3.63, 3.8) is 0 Å². The Morgan fingerprint density at radius 2 is 0.919 bits per heavy atom. The molecule has 12 aromatic rings. The van der Waals surface area contributed by atoms with Gasteiger partial charge in [0.25, 0.3) is 0 Å². The number of hydrogen-bond acceptors (Lipinski definition) is 4. The third kappa shape index (κ3) is 6.26. The van der Waals surface area contributed by atoms with E-state index in [0.717, 1.165) is 58.8 Å². The van der Waals surface area contributed by atoms with Crippen LogP contribution in [-0.2, 0) is 0 Å². The van der Waals surface area contributed by atoms with Crippen molar-refractivity contribution in [2.24, 2.45) is 0 Å². The normalized spacial score (nSPS) is 13.6. The first-order valence-electron chi connectivity index (χ1n) is 24.6. The van der Waals surface area contributed by atoms with Crippen LogP contribution in [-0.4, -0.2) is 19.5 Å². The van der Waals surface area contributed by atoms with Crippen molar-refractivity contribution in [3.8, 4) is 73.2 Å². The maximum absolute atomic E-state index is 9.46. The summed E-state index contributed by atoms with van der Waals surface area (Å²) in [4.78, 5) is 15.1. The highest BCUT2D eigenvalue weighted by Crippen LogP contribution is 2.44. The highest BCUT2D eigenvalue weighted by atomic mass is 32.1. The fraction of sp³-hybridized carbons (Fsp3) is 0. The predicted molar refractivity (Wildman–Crippen MR) is 260 cm³/mol. The molecule has 9 aromatic carbocycles. The number of thiophene rings is 1. The fourth-order valence-corrected chi connectivity index (χ4v) is 9.47. The molecule has 0 aliphatic carbocycles. The molecule has 0 fully saturated rings. The molecule has 62 heavy (non-hydrogen) atoms. The van der Waals surface area contributed by atoms with E-state index in [1.165, 1.54) is 11.3 Å². The molecule has 0 aliphatic heterocycles. The SMILES string of the molecule is [2H]c1c([2H])c([2H])c(-c2nc(-c3ccc(-c4ccccc4)cc3)nc(-c3cc(-n4c5ccccc5c5ccccc54)cc4c3sc3ccc(-c5c([2H])c([2H])c([2H])c(-c6ccccc6)c5[2H])cc34)n2)c([2H])c1[2H]. The van der Waals surface area contributed by atoms with Gasteiger partial charge in [-0.1, -0.05) is 176 Å². The van der Waals surface area contributed by atoms with Gasteiger partial charge >= 0.3 is 0 Å².